The Labute approximate surface area is 92.3 Å². The van der Waals surface area contributed by atoms with Crippen LogP contribution in [0.5, 0.6) is 0 Å². The molecule has 0 spiro atoms. The van der Waals surface area contributed by atoms with E-state index >= 15 is 0 Å². The molecule has 0 fully saturated rings. The second-order valence-corrected chi connectivity index (χ2v) is 3.33. The zero-order valence-corrected chi connectivity index (χ0v) is 8.46. The van der Waals surface area contributed by atoms with Gasteiger partial charge in [0, 0.05) is 5.38 Å². The van der Waals surface area contributed by atoms with E-state index in [2.05, 4.69) is 19.9 Å². The summed E-state index contributed by atoms with van der Waals surface area (Å²) in [5, 5.41) is 7.11. The maximum absolute atomic E-state index is 13.1. The van der Waals surface area contributed by atoms with Crippen LogP contribution in [0.2, 0.25) is 0 Å². The Kier molecular flexibility index (Phi) is 2.82. The number of carbonyl (C=O) groups excluding carboxylic acids is 1. The average Bonchev–Trinajstić information content (AvgIpc) is 2.75. The van der Waals surface area contributed by atoms with Gasteiger partial charge in [-0.15, -0.1) is 5.10 Å². The highest BCUT2D eigenvalue weighted by molar-refractivity contribution is 7.03. The van der Waals surface area contributed by atoms with Crippen molar-refractivity contribution in [2.24, 2.45) is 0 Å². The van der Waals surface area contributed by atoms with Gasteiger partial charge in [-0.25, -0.2) is 0 Å². The van der Waals surface area contributed by atoms with Crippen LogP contribution in [0, 0.1) is 11.9 Å². The normalized spacial score (nSPS) is 10.1. The van der Waals surface area contributed by atoms with E-state index in [-0.39, 0.29) is 11.4 Å². The fraction of sp³-hybridized carbons (Fsp3) is 0. The lowest BCUT2D eigenvalue weighted by molar-refractivity contribution is 0.102. The van der Waals surface area contributed by atoms with Gasteiger partial charge < -0.3 is 5.32 Å². The first-order valence-corrected chi connectivity index (χ1v) is 4.91. The topological polar surface area (TPSA) is 67.8 Å². The third-order valence-corrected chi connectivity index (χ3v) is 2.16. The van der Waals surface area contributed by atoms with Crippen molar-refractivity contribution in [3.8, 4) is 0 Å². The second-order valence-electron chi connectivity index (χ2n) is 2.72. The van der Waals surface area contributed by atoms with Crippen molar-refractivity contribution in [2.45, 2.75) is 0 Å². The number of nitrogens with zero attached hydrogens (tertiary/aromatic N) is 3. The summed E-state index contributed by atoms with van der Waals surface area (Å²) in [5.41, 5.74) is -0.145. The van der Waals surface area contributed by atoms with E-state index in [0.29, 0.717) is 0 Å². The first-order valence-electron chi connectivity index (χ1n) is 4.07. The van der Waals surface area contributed by atoms with Crippen molar-refractivity contribution in [1.29, 1.82) is 0 Å². The van der Waals surface area contributed by atoms with Gasteiger partial charge in [0.25, 0.3) is 5.91 Å². The minimum Gasteiger partial charge on any atom is -0.317 e. The lowest BCUT2D eigenvalue weighted by atomic mass is 10.3. The first-order chi connectivity index (χ1) is 7.66. The lowest BCUT2D eigenvalue weighted by Crippen LogP contribution is -2.14. The van der Waals surface area contributed by atoms with Crippen LogP contribution >= 0.6 is 11.5 Å². The van der Waals surface area contributed by atoms with Crippen molar-refractivity contribution < 1.29 is 13.6 Å². The van der Waals surface area contributed by atoms with Gasteiger partial charge in [0.2, 0.25) is 11.9 Å². The molecule has 2 aromatic rings. The van der Waals surface area contributed by atoms with Gasteiger partial charge in [-0.2, -0.15) is 13.8 Å². The number of pyridine rings is 1. The molecule has 1 amide bonds. The minimum atomic E-state index is -1.09. The summed E-state index contributed by atoms with van der Waals surface area (Å²) in [6.45, 7) is 0. The summed E-state index contributed by atoms with van der Waals surface area (Å²) >= 11 is 0.994. The molecule has 82 valence electrons. The summed E-state index contributed by atoms with van der Waals surface area (Å²) in [7, 11) is 0. The zero-order chi connectivity index (χ0) is 11.5. The van der Waals surface area contributed by atoms with Gasteiger partial charge in [0.15, 0.2) is 5.69 Å². The lowest BCUT2D eigenvalue weighted by Gasteiger charge is -2.02. The summed E-state index contributed by atoms with van der Waals surface area (Å²) in [5.74, 6) is -2.66. The molecule has 16 heavy (non-hydrogen) atoms. The standard InChI is InChI=1S/C8H4F2N4OS/c9-6-2-1-4(7(10)12-6)11-8(15)5-3-16-14-13-5/h1-3H,(H,11,15). The Morgan fingerprint density at radius 3 is 2.81 bits per heavy atom. The number of amides is 1. The molecule has 8 heteroatoms. The van der Waals surface area contributed by atoms with Gasteiger partial charge in [-0.3, -0.25) is 4.79 Å². The maximum atomic E-state index is 13.1. The summed E-state index contributed by atoms with van der Waals surface area (Å²) in [6, 6.07) is 2.02. The van der Waals surface area contributed by atoms with E-state index in [4.69, 9.17) is 0 Å². The summed E-state index contributed by atoms with van der Waals surface area (Å²) in [6.07, 6.45) is 0. The number of rotatable bonds is 2. The number of hydrogen-bond donors (Lipinski definition) is 1. The summed E-state index contributed by atoms with van der Waals surface area (Å²) in [4.78, 5) is 14.3. The Morgan fingerprint density at radius 2 is 2.19 bits per heavy atom. The first kappa shape index (κ1) is 10.6. The molecular formula is C8H4F2N4OS. The van der Waals surface area contributed by atoms with Crippen molar-refractivity contribution in [3.63, 3.8) is 0 Å². The molecule has 0 radical (unpaired) electrons. The Balaban J connectivity index is 2.18. The molecule has 0 unspecified atom stereocenters. The van der Waals surface area contributed by atoms with E-state index in [0.717, 1.165) is 23.7 Å². The number of aromatic nitrogens is 3. The molecule has 2 heterocycles. The third kappa shape index (κ3) is 2.16. The Bertz CT molecular complexity index is 517. The van der Waals surface area contributed by atoms with E-state index in [1.165, 1.54) is 5.38 Å². The number of anilines is 1. The molecule has 1 N–H and O–H groups in total. The van der Waals surface area contributed by atoms with Crippen LogP contribution in [0.3, 0.4) is 0 Å². The number of nitrogens with one attached hydrogen (secondary N) is 1. The van der Waals surface area contributed by atoms with Gasteiger partial charge >= 0.3 is 0 Å². The van der Waals surface area contributed by atoms with Crippen molar-refractivity contribution in [1.82, 2.24) is 14.6 Å². The molecule has 5 nitrogen and oxygen atoms in total. The number of hydrogen-bond acceptors (Lipinski definition) is 5. The smallest absolute Gasteiger partial charge is 0.277 e. The Morgan fingerprint density at radius 1 is 1.38 bits per heavy atom. The van der Waals surface area contributed by atoms with Crippen LogP contribution in [0.15, 0.2) is 17.5 Å². The minimum absolute atomic E-state index is 0.0636. The largest absolute Gasteiger partial charge is 0.317 e. The molecule has 2 aromatic heterocycles. The monoisotopic (exact) mass is 242 g/mol. The van der Waals surface area contributed by atoms with Crippen LogP contribution in [0.1, 0.15) is 10.5 Å². The van der Waals surface area contributed by atoms with E-state index in [1.807, 2.05) is 0 Å². The molecule has 0 saturated heterocycles. The number of carbonyl (C=O) groups is 1. The van der Waals surface area contributed by atoms with Crippen LogP contribution in [0.4, 0.5) is 14.5 Å². The molecule has 0 aliphatic carbocycles. The molecule has 0 bridgehead atoms. The highest BCUT2D eigenvalue weighted by atomic mass is 32.1. The molecule has 0 aliphatic rings. The predicted octanol–water partition coefficient (Wildman–Crippen LogP) is 1.46. The predicted molar refractivity (Wildman–Crippen MR) is 52.0 cm³/mol. The van der Waals surface area contributed by atoms with Gasteiger partial charge in [0.05, 0.1) is 5.69 Å². The van der Waals surface area contributed by atoms with E-state index in [1.54, 1.807) is 0 Å². The van der Waals surface area contributed by atoms with Crippen LogP contribution in [0.25, 0.3) is 0 Å². The molecule has 2 rings (SSSR count). The molecule has 0 saturated carbocycles. The fourth-order valence-electron chi connectivity index (χ4n) is 0.955. The average molecular weight is 242 g/mol. The van der Waals surface area contributed by atoms with Crippen LogP contribution < -0.4 is 5.32 Å². The summed E-state index contributed by atoms with van der Waals surface area (Å²) < 4.78 is 29.0. The van der Waals surface area contributed by atoms with E-state index in [9.17, 15) is 13.6 Å². The van der Waals surface area contributed by atoms with Gasteiger partial charge in [-0.1, -0.05) is 4.49 Å². The number of halogens is 2. The third-order valence-electron chi connectivity index (χ3n) is 1.66. The molecule has 0 aromatic carbocycles. The maximum Gasteiger partial charge on any atom is 0.277 e. The highest BCUT2D eigenvalue weighted by Crippen LogP contribution is 2.12. The Hall–Kier alpha value is -1.96. The van der Waals surface area contributed by atoms with Crippen LogP contribution in [-0.4, -0.2) is 20.5 Å². The van der Waals surface area contributed by atoms with Crippen LogP contribution in [-0.2, 0) is 0 Å². The van der Waals surface area contributed by atoms with Gasteiger partial charge in [-0.05, 0) is 23.7 Å². The van der Waals surface area contributed by atoms with Crippen molar-refractivity contribution in [3.05, 3.63) is 35.1 Å². The molecule has 0 atom stereocenters. The SMILES string of the molecule is O=C(Nc1ccc(F)nc1F)c1csnn1. The quantitative estimate of drug-likeness (QED) is 0.809. The zero-order valence-electron chi connectivity index (χ0n) is 7.65. The fourth-order valence-corrected chi connectivity index (χ4v) is 1.39. The van der Waals surface area contributed by atoms with Crippen molar-refractivity contribution in [2.75, 3.05) is 5.32 Å². The van der Waals surface area contributed by atoms with Crippen molar-refractivity contribution >= 4 is 23.1 Å². The van der Waals surface area contributed by atoms with Gasteiger partial charge in [0.1, 0.15) is 0 Å². The molecular weight excluding hydrogens is 238 g/mol. The van der Waals surface area contributed by atoms with E-state index < -0.39 is 17.8 Å². The highest BCUT2D eigenvalue weighted by Gasteiger charge is 2.12. The second kappa shape index (κ2) is 4.27. The molecule has 0 aliphatic heterocycles.